The van der Waals surface area contributed by atoms with Gasteiger partial charge >= 0.3 is 0 Å². The summed E-state index contributed by atoms with van der Waals surface area (Å²) in [6.07, 6.45) is 0. The first-order valence-corrected chi connectivity index (χ1v) is 26.8. The third-order valence-electron chi connectivity index (χ3n) is 11.3. The molecule has 23 nitrogen and oxygen atoms in total. The predicted molar refractivity (Wildman–Crippen MR) is 251 cm³/mol. The van der Waals surface area contributed by atoms with Crippen LogP contribution in [0.4, 0.5) is 11.4 Å². The Morgan fingerprint density at radius 2 is 0.884 bits per heavy atom. The van der Waals surface area contributed by atoms with Gasteiger partial charge in [0.05, 0.1) is 31.0 Å². The van der Waals surface area contributed by atoms with Crippen LogP contribution in [0.2, 0.25) is 0 Å². The minimum absolute atomic E-state index is 0.0126. The molecule has 69 heavy (non-hydrogen) atoms. The fourth-order valence-corrected chi connectivity index (χ4v) is 11.2. The van der Waals surface area contributed by atoms with E-state index in [2.05, 4.69) is 0 Å². The molecule has 7 aromatic carbocycles. The van der Waals surface area contributed by atoms with E-state index in [4.69, 9.17) is 16.0 Å². The maximum atomic E-state index is 11.9. The molecule has 0 radical (unpaired) electrons. The van der Waals surface area contributed by atoms with Gasteiger partial charge in [0.15, 0.2) is 0 Å². The first kappa shape index (κ1) is 47.1. The van der Waals surface area contributed by atoms with Gasteiger partial charge in [-0.1, -0.05) is 30.3 Å². The fourth-order valence-electron chi connectivity index (χ4n) is 7.95. The Morgan fingerprint density at radius 1 is 0.391 bits per heavy atom. The number of rotatable bonds is 7. The van der Waals surface area contributed by atoms with Crippen LogP contribution in [0.25, 0.3) is 55.0 Å². The molecule has 0 amide bonds. The van der Waals surface area contributed by atoms with Crippen LogP contribution in [0.15, 0.2) is 134 Å². The molecule has 4 aromatic heterocycles. The van der Waals surface area contributed by atoms with E-state index < -0.39 is 60.4 Å². The number of nitrogens with two attached hydrogens (primary N) is 2. The van der Waals surface area contributed by atoms with Crippen molar-refractivity contribution in [2.24, 2.45) is 0 Å². The number of benzene rings is 7. The standard InChI is InChI=1S/C17H14N4O6S2.C17H13N3O6S2.C7H9NO3S/c1-9-6-10(2-5-14(9)18)19-20-15-8-16(29(25,26)27)13-7-11(28(22,23)24)3-4-12(13)17(15)21(19)20;1-10-2-4-12(9-16(10)28(24,25)26)18-19-15-7-3-11-8-13(27(21,22)23)5-6-14(11)17(15)20(18)19;1-5-2-3-6(8)4-7(5)12(9,10)11/h2-8H,18H2,1H3,(H,22,23,24)(H,25,26,27);2-9H,1H3,(H,21,22,23)(H,24,25,26);2-4H,8H2,1H3,(H,9,10,11). The molecule has 0 saturated heterocycles. The summed E-state index contributed by atoms with van der Waals surface area (Å²) in [4.78, 5) is 2.11. The highest BCUT2D eigenvalue weighted by molar-refractivity contribution is 7.87. The summed E-state index contributed by atoms with van der Waals surface area (Å²) in [5, 5.41) is 1.82. The normalized spacial score (nSPS) is 13.0. The number of anilines is 2. The number of nitrogens with zero attached hydrogens (tertiary/aromatic N) is 6. The molecule has 360 valence electrons. The summed E-state index contributed by atoms with van der Waals surface area (Å²) in [5.74, 6) is 0. The number of aromatic nitrogens is 6. The molecule has 0 spiro atoms. The summed E-state index contributed by atoms with van der Waals surface area (Å²) in [6.45, 7) is 5.05. The van der Waals surface area contributed by atoms with Gasteiger partial charge in [0.1, 0.15) is 27.0 Å². The second kappa shape index (κ2) is 15.5. The first-order chi connectivity index (χ1) is 32.0. The number of fused-ring (bicyclic) bond motifs is 12. The molecule has 4 heterocycles. The van der Waals surface area contributed by atoms with Crippen LogP contribution >= 0.6 is 0 Å². The molecule has 0 bridgehead atoms. The molecule has 0 aliphatic carbocycles. The highest BCUT2D eigenvalue weighted by Crippen LogP contribution is 2.38. The van der Waals surface area contributed by atoms with Crippen LogP contribution in [0.1, 0.15) is 16.7 Å². The molecule has 0 saturated carbocycles. The third-order valence-corrected chi connectivity index (χ3v) is 15.9. The average Bonchev–Trinajstić information content (AvgIpc) is 4.10. The topological polar surface area (TPSA) is 351 Å². The van der Waals surface area contributed by atoms with Gasteiger partial charge in [0.2, 0.25) is 0 Å². The summed E-state index contributed by atoms with van der Waals surface area (Å²) in [5.41, 5.74) is 18.2. The highest BCUT2D eigenvalue weighted by Gasteiger charge is 2.31. The van der Waals surface area contributed by atoms with Gasteiger partial charge in [-0.25, -0.2) is 0 Å². The highest BCUT2D eigenvalue weighted by atomic mass is 32.2. The molecule has 0 atom stereocenters. The Morgan fingerprint density at radius 3 is 1.43 bits per heavy atom. The summed E-state index contributed by atoms with van der Waals surface area (Å²) in [6, 6.07) is 27.3. The zero-order valence-electron chi connectivity index (χ0n) is 35.6. The summed E-state index contributed by atoms with van der Waals surface area (Å²) >= 11 is 0. The predicted octanol–water partition coefficient (Wildman–Crippen LogP) is 5.16. The Bertz CT molecular complexity index is 4520. The molecule has 11 rings (SSSR count). The van der Waals surface area contributed by atoms with Crippen molar-refractivity contribution in [3.63, 3.8) is 0 Å². The minimum Gasteiger partial charge on any atom is -0.399 e. The maximum Gasteiger partial charge on any atom is 0.295 e. The van der Waals surface area contributed by atoms with Gasteiger partial charge in [0.25, 0.3) is 50.6 Å². The third kappa shape index (κ3) is 8.19. The molecule has 28 heteroatoms. The van der Waals surface area contributed by atoms with E-state index in [1.165, 1.54) is 42.5 Å². The number of nitrogen functional groups attached to an aromatic ring is 2. The lowest BCUT2D eigenvalue weighted by Crippen LogP contribution is -2.04. The van der Waals surface area contributed by atoms with Crippen LogP contribution < -0.4 is 11.5 Å². The largest absolute Gasteiger partial charge is 0.399 e. The lowest BCUT2D eigenvalue weighted by molar-refractivity contribution is 0.480. The molecular weight excluding hydrogens is 1000 g/mol. The fraction of sp³-hybridized carbons (Fsp3) is 0.0732. The molecule has 9 N–H and O–H groups in total. The Hall–Kier alpha value is -6.99. The van der Waals surface area contributed by atoms with Gasteiger partial charge in [-0.15, -0.1) is 18.5 Å². The molecule has 0 aliphatic rings. The van der Waals surface area contributed by atoms with Crippen molar-refractivity contribution in [3.05, 3.63) is 126 Å². The van der Waals surface area contributed by atoms with Gasteiger partial charge < -0.3 is 11.5 Å². The molecular formula is C41H36N8O15S5. The van der Waals surface area contributed by atoms with Crippen molar-refractivity contribution in [3.8, 4) is 11.4 Å². The van der Waals surface area contributed by atoms with E-state index in [0.29, 0.717) is 50.0 Å². The second-order valence-electron chi connectivity index (χ2n) is 15.9. The van der Waals surface area contributed by atoms with Gasteiger partial charge in [-0.3, -0.25) is 22.8 Å². The number of hydrogen-bond donors (Lipinski definition) is 7. The maximum absolute atomic E-state index is 11.9. The van der Waals surface area contributed by atoms with Crippen molar-refractivity contribution in [2.45, 2.75) is 45.2 Å². The van der Waals surface area contributed by atoms with E-state index in [0.717, 1.165) is 33.7 Å². The zero-order chi connectivity index (χ0) is 50.2. The van der Waals surface area contributed by atoms with Crippen LogP contribution in [-0.4, -0.2) is 93.0 Å². The Labute approximate surface area is 390 Å². The van der Waals surface area contributed by atoms with Gasteiger partial charge in [0, 0.05) is 27.5 Å². The van der Waals surface area contributed by atoms with Gasteiger partial charge in [-0.05, 0) is 122 Å². The van der Waals surface area contributed by atoms with Crippen molar-refractivity contribution in [1.82, 2.24) is 28.1 Å². The first-order valence-electron chi connectivity index (χ1n) is 19.6. The molecule has 0 unspecified atom stereocenters. The van der Waals surface area contributed by atoms with Crippen LogP contribution in [-0.2, 0) is 50.6 Å². The van der Waals surface area contributed by atoms with Crippen LogP contribution in [0.3, 0.4) is 0 Å². The number of aryl methyl sites for hydroxylation is 3. The monoisotopic (exact) mass is 1040 g/mol. The van der Waals surface area contributed by atoms with Gasteiger partial charge in [-0.2, -0.15) is 51.7 Å². The smallest absolute Gasteiger partial charge is 0.295 e. The van der Waals surface area contributed by atoms with E-state index >= 15 is 0 Å². The van der Waals surface area contributed by atoms with Crippen LogP contribution in [0.5, 0.6) is 0 Å². The van der Waals surface area contributed by atoms with Crippen molar-refractivity contribution in [1.29, 1.82) is 0 Å². The lowest BCUT2D eigenvalue weighted by Gasteiger charge is -2.09. The van der Waals surface area contributed by atoms with Crippen LogP contribution in [0, 0.1) is 20.8 Å². The average molecular weight is 1040 g/mol. The van der Waals surface area contributed by atoms with Crippen molar-refractivity contribution >= 4 is 106 Å². The van der Waals surface area contributed by atoms with E-state index in [-0.39, 0.29) is 20.1 Å². The minimum atomic E-state index is -4.65. The SMILES string of the molecule is Cc1cc(-n2n3c4cc(S(=O)(=O)O)c5cc(S(=O)(=O)O)ccc5c4n23)ccc1N.Cc1ccc(-n2n3c4ccc5cc(S(=O)(=O)O)ccc5c4n23)cc1S(=O)(=O)O.Cc1ccc(N)cc1S(=O)(=O)O. The summed E-state index contributed by atoms with van der Waals surface area (Å²) < 4.78 is 167. The quantitative estimate of drug-likeness (QED) is 0.0801. The lowest BCUT2D eigenvalue weighted by atomic mass is 10.1. The second-order valence-corrected chi connectivity index (χ2v) is 22.9. The Kier molecular flexibility index (Phi) is 10.6. The Balaban J connectivity index is 0.000000140. The molecule has 11 aromatic rings. The van der Waals surface area contributed by atoms with E-state index in [1.807, 2.05) is 23.7 Å². The molecule has 0 aliphatic heterocycles. The van der Waals surface area contributed by atoms with Crippen molar-refractivity contribution < 1.29 is 64.9 Å². The van der Waals surface area contributed by atoms with E-state index in [1.54, 1.807) is 85.9 Å². The number of hydrogen-bond acceptors (Lipinski definition) is 12. The van der Waals surface area contributed by atoms with Crippen molar-refractivity contribution in [2.75, 3.05) is 11.5 Å². The molecule has 0 fully saturated rings. The zero-order valence-corrected chi connectivity index (χ0v) is 39.7. The van der Waals surface area contributed by atoms with E-state index in [9.17, 15) is 60.3 Å². The summed E-state index contributed by atoms with van der Waals surface area (Å²) in [7, 11) is -22.0.